The lowest BCUT2D eigenvalue weighted by atomic mass is 9.98. The third-order valence-corrected chi connectivity index (χ3v) is 6.75. The van der Waals surface area contributed by atoms with E-state index in [0.717, 1.165) is 24.5 Å². The first-order valence-electron chi connectivity index (χ1n) is 9.03. The number of thiophene rings is 2. The van der Waals surface area contributed by atoms with Gasteiger partial charge >= 0.3 is 0 Å². The molecular formula is C21H23NO3S2. The molecule has 0 saturated carbocycles. The minimum atomic E-state index is -0.547. The molecule has 0 saturated heterocycles. The highest BCUT2D eigenvalue weighted by Crippen LogP contribution is 2.39. The average Bonchev–Trinajstić information content (AvgIpc) is 3.38. The number of aliphatic hydroxyl groups excluding tert-OH is 1. The molecule has 0 amide bonds. The molecule has 142 valence electrons. The van der Waals surface area contributed by atoms with Crippen LogP contribution >= 0.6 is 22.7 Å². The maximum Gasteiger partial charge on any atom is 0.119 e. The summed E-state index contributed by atoms with van der Waals surface area (Å²) < 4.78 is 10.9. The molecule has 3 heterocycles. The van der Waals surface area contributed by atoms with E-state index in [0.29, 0.717) is 6.54 Å². The lowest BCUT2D eigenvalue weighted by molar-refractivity contribution is 0.0562. The van der Waals surface area contributed by atoms with Crippen LogP contribution in [0.4, 0.5) is 0 Å². The summed E-state index contributed by atoms with van der Waals surface area (Å²) in [7, 11) is 1.64. The number of fused-ring (bicyclic) bond motifs is 1. The zero-order valence-corrected chi connectivity index (χ0v) is 16.8. The summed E-state index contributed by atoms with van der Waals surface area (Å²) in [5, 5.41) is 14.9. The van der Waals surface area contributed by atoms with Crippen molar-refractivity contribution in [2.24, 2.45) is 0 Å². The van der Waals surface area contributed by atoms with Crippen molar-refractivity contribution in [3.63, 3.8) is 0 Å². The number of methoxy groups -OCH3 is 1. The molecule has 3 aromatic rings. The molecule has 1 aliphatic heterocycles. The van der Waals surface area contributed by atoms with E-state index in [2.05, 4.69) is 33.9 Å². The first-order valence-corrected chi connectivity index (χ1v) is 10.8. The molecule has 2 aromatic heterocycles. The van der Waals surface area contributed by atoms with Crippen LogP contribution < -0.4 is 9.47 Å². The lowest BCUT2D eigenvalue weighted by Crippen LogP contribution is -2.41. The monoisotopic (exact) mass is 401 g/mol. The lowest BCUT2D eigenvalue weighted by Gasteiger charge is -2.36. The summed E-state index contributed by atoms with van der Waals surface area (Å²) in [5.41, 5.74) is 1.39. The number of β-amino-alcohol motifs (C(OH)–C–C–N with tert-alkyl or cyclic N) is 1. The summed E-state index contributed by atoms with van der Waals surface area (Å²) in [6.45, 7) is 1.82. The summed E-state index contributed by atoms with van der Waals surface area (Å²) in [6.07, 6.45) is 0.496. The van der Waals surface area contributed by atoms with Gasteiger partial charge in [-0.2, -0.15) is 0 Å². The Morgan fingerprint density at radius 3 is 2.67 bits per heavy atom. The van der Waals surface area contributed by atoms with Gasteiger partial charge < -0.3 is 14.6 Å². The number of nitrogens with zero attached hydrogens (tertiary/aromatic N) is 1. The van der Waals surface area contributed by atoms with Crippen LogP contribution in [0.3, 0.4) is 0 Å². The highest BCUT2D eigenvalue weighted by molar-refractivity contribution is 7.10. The van der Waals surface area contributed by atoms with Crippen molar-refractivity contribution in [3.05, 3.63) is 68.5 Å². The molecule has 2 unspecified atom stereocenters. The number of hydrogen-bond acceptors (Lipinski definition) is 6. The highest BCUT2D eigenvalue weighted by atomic mass is 32.1. The standard InChI is InChI=1S/C21H23NO3S2/c1-24-16-4-6-17(7-5-16)25-14-15(23)13-22-10-8-19-18(9-12-27-19)21(22)20-3-2-11-26-20/h2-7,9,11-12,15,21,23H,8,10,13-14H2,1H3. The normalized spacial score (nSPS) is 18.1. The molecule has 1 aromatic carbocycles. The molecule has 1 N–H and O–H groups in total. The van der Waals surface area contributed by atoms with Crippen LogP contribution in [0.5, 0.6) is 11.5 Å². The molecule has 0 bridgehead atoms. The van der Waals surface area contributed by atoms with E-state index < -0.39 is 6.10 Å². The second kappa shape index (κ2) is 8.44. The Morgan fingerprint density at radius 2 is 1.93 bits per heavy atom. The van der Waals surface area contributed by atoms with Gasteiger partial charge in [-0.05, 0) is 59.1 Å². The van der Waals surface area contributed by atoms with Crippen LogP contribution in [0.25, 0.3) is 0 Å². The van der Waals surface area contributed by atoms with Gasteiger partial charge in [-0.15, -0.1) is 22.7 Å². The van der Waals surface area contributed by atoms with E-state index in [1.165, 1.54) is 15.3 Å². The number of hydrogen-bond donors (Lipinski definition) is 1. The van der Waals surface area contributed by atoms with Gasteiger partial charge in [0.05, 0.1) is 13.2 Å². The number of rotatable bonds is 7. The fourth-order valence-corrected chi connectivity index (χ4v) is 5.31. The first kappa shape index (κ1) is 18.5. The van der Waals surface area contributed by atoms with E-state index in [9.17, 15) is 5.11 Å². The van der Waals surface area contributed by atoms with Gasteiger partial charge in [0, 0.05) is 22.8 Å². The molecule has 0 fully saturated rings. The third kappa shape index (κ3) is 4.19. The molecule has 6 heteroatoms. The second-order valence-corrected chi connectivity index (χ2v) is 8.58. The molecule has 2 atom stereocenters. The Labute approximate surface area is 167 Å². The summed E-state index contributed by atoms with van der Waals surface area (Å²) in [4.78, 5) is 5.18. The third-order valence-electron chi connectivity index (χ3n) is 4.83. The van der Waals surface area contributed by atoms with Gasteiger partial charge in [0.25, 0.3) is 0 Å². The Kier molecular flexibility index (Phi) is 5.78. The number of aliphatic hydroxyl groups is 1. The first-order chi connectivity index (χ1) is 13.2. The molecule has 4 rings (SSSR count). The van der Waals surface area contributed by atoms with E-state index in [1.54, 1.807) is 18.4 Å². The second-order valence-electron chi connectivity index (χ2n) is 6.60. The van der Waals surface area contributed by atoms with Gasteiger partial charge in [0.15, 0.2) is 0 Å². The molecule has 0 aliphatic carbocycles. The molecular weight excluding hydrogens is 378 g/mol. The van der Waals surface area contributed by atoms with Crippen molar-refractivity contribution in [1.82, 2.24) is 4.90 Å². The van der Waals surface area contributed by atoms with Gasteiger partial charge in [0.1, 0.15) is 24.2 Å². The van der Waals surface area contributed by atoms with Crippen molar-refractivity contribution in [2.45, 2.75) is 18.6 Å². The van der Waals surface area contributed by atoms with Gasteiger partial charge in [-0.1, -0.05) is 6.07 Å². The average molecular weight is 402 g/mol. The highest BCUT2D eigenvalue weighted by Gasteiger charge is 2.31. The van der Waals surface area contributed by atoms with Crippen LogP contribution in [0.15, 0.2) is 53.2 Å². The quantitative estimate of drug-likeness (QED) is 0.644. The maximum absolute atomic E-state index is 10.6. The number of benzene rings is 1. The van der Waals surface area contributed by atoms with E-state index in [1.807, 2.05) is 35.6 Å². The van der Waals surface area contributed by atoms with Crippen molar-refractivity contribution in [1.29, 1.82) is 0 Å². The topological polar surface area (TPSA) is 41.9 Å². The van der Waals surface area contributed by atoms with Crippen LogP contribution in [0, 0.1) is 0 Å². The van der Waals surface area contributed by atoms with Crippen molar-refractivity contribution < 1.29 is 14.6 Å². The molecule has 27 heavy (non-hydrogen) atoms. The number of ether oxygens (including phenoxy) is 2. The van der Waals surface area contributed by atoms with Crippen molar-refractivity contribution in [2.75, 3.05) is 26.8 Å². The Bertz CT molecular complexity index is 845. The predicted molar refractivity (Wildman–Crippen MR) is 110 cm³/mol. The Balaban J connectivity index is 1.41. The SMILES string of the molecule is COc1ccc(OCC(O)CN2CCc3sccc3C2c2cccs2)cc1. The van der Waals surface area contributed by atoms with E-state index in [-0.39, 0.29) is 12.6 Å². The maximum atomic E-state index is 10.6. The molecule has 4 nitrogen and oxygen atoms in total. The zero-order chi connectivity index (χ0) is 18.6. The Morgan fingerprint density at radius 1 is 1.11 bits per heavy atom. The van der Waals surface area contributed by atoms with Crippen LogP contribution in [0.2, 0.25) is 0 Å². The minimum Gasteiger partial charge on any atom is -0.497 e. The summed E-state index contributed by atoms with van der Waals surface area (Å²) >= 11 is 3.62. The molecule has 0 spiro atoms. The van der Waals surface area contributed by atoms with Crippen molar-refractivity contribution in [3.8, 4) is 11.5 Å². The Hall–Kier alpha value is -1.86. The fourth-order valence-electron chi connectivity index (χ4n) is 3.53. The van der Waals surface area contributed by atoms with Gasteiger partial charge in [-0.3, -0.25) is 4.90 Å². The van der Waals surface area contributed by atoms with Crippen molar-refractivity contribution >= 4 is 22.7 Å². The summed E-state index contributed by atoms with van der Waals surface area (Å²) in [6, 6.07) is 14.2. The smallest absolute Gasteiger partial charge is 0.119 e. The van der Waals surface area contributed by atoms with Gasteiger partial charge in [-0.25, -0.2) is 0 Å². The summed E-state index contributed by atoms with van der Waals surface area (Å²) in [5.74, 6) is 1.53. The van der Waals surface area contributed by atoms with E-state index in [4.69, 9.17) is 9.47 Å². The molecule has 0 radical (unpaired) electrons. The van der Waals surface area contributed by atoms with Gasteiger partial charge in [0.2, 0.25) is 0 Å². The fraction of sp³-hybridized carbons (Fsp3) is 0.333. The van der Waals surface area contributed by atoms with E-state index >= 15 is 0 Å². The minimum absolute atomic E-state index is 0.232. The molecule has 1 aliphatic rings. The van der Waals surface area contributed by atoms with Crippen LogP contribution in [-0.4, -0.2) is 42.9 Å². The predicted octanol–water partition coefficient (Wildman–Crippen LogP) is 4.21. The largest absolute Gasteiger partial charge is 0.497 e. The van der Waals surface area contributed by atoms with Crippen LogP contribution in [0.1, 0.15) is 21.4 Å². The van der Waals surface area contributed by atoms with Crippen LogP contribution in [-0.2, 0) is 6.42 Å². The zero-order valence-electron chi connectivity index (χ0n) is 15.2.